The van der Waals surface area contributed by atoms with Gasteiger partial charge >= 0.3 is 12.3 Å². The van der Waals surface area contributed by atoms with Gasteiger partial charge in [0, 0.05) is 12.7 Å². The molecule has 0 aliphatic rings. The van der Waals surface area contributed by atoms with E-state index in [0.29, 0.717) is 4.31 Å². The van der Waals surface area contributed by atoms with Crippen LogP contribution in [0.4, 0.5) is 23.2 Å². The zero-order valence-electron chi connectivity index (χ0n) is 16.7. The van der Waals surface area contributed by atoms with E-state index in [0.717, 1.165) is 55.6 Å². The number of alkyl halides is 3. The first-order chi connectivity index (χ1) is 14.8. The lowest BCUT2D eigenvalue weighted by molar-refractivity contribution is -0.274. The Morgan fingerprint density at radius 1 is 1.06 bits per heavy atom. The predicted octanol–water partition coefficient (Wildman–Crippen LogP) is 2.92. The van der Waals surface area contributed by atoms with Gasteiger partial charge in [-0.3, -0.25) is 9.59 Å². The molecule has 1 atom stereocenters. The third-order valence-electron chi connectivity index (χ3n) is 3.91. The second-order valence-corrected chi connectivity index (χ2v) is 8.45. The van der Waals surface area contributed by atoms with Crippen molar-refractivity contribution in [1.82, 2.24) is 4.31 Å². The summed E-state index contributed by atoms with van der Waals surface area (Å²) in [5, 5.41) is 2.33. The highest BCUT2D eigenvalue weighted by atomic mass is 32.2. The van der Waals surface area contributed by atoms with Crippen LogP contribution < -0.4 is 10.1 Å². The van der Waals surface area contributed by atoms with Crippen LogP contribution in [-0.4, -0.2) is 50.7 Å². The number of ether oxygens (including phenoxy) is 2. The highest BCUT2D eigenvalue weighted by molar-refractivity contribution is 7.89. The van der Waals surface area contributed by atoms with Crippen LogP contribution in [0.15, 0.2) is 53.4 Å². The molecule has 2 aromatic rings. The zero-order valence-corrected chi connectivity index (χ0v) is 17.5. The fourth-order valence-corrected chi connectivity index (χ4v) is 3.44. The molecule has 2 rings (SSSR count). The molecule has 0 aliphatic carbocycles. The molecule has 0 fully saturated rings. The van der Waals surface area contributed by atoms with Gasteiger partial charge in [-0.2, -0.15) is 4.31 Å². The Kier molecular flexibility index (Phi) is 7.80. The van der Waals surface area contributed by atoms with E-state index in [-0.39, 0.29) is 10.6 Å². The Hall–Kier alpha value is -3.19. The summed E-state index contributed by atoms with van der Waals surface area (Å²) in [6.07, 6.45) is -6.19. The highest BCUT2D eigenvalue weighted by Gasteiger charge is 2.31. The smallest absolute Gasteiger partial charge is 0.452 e. The molecule has 32 heavy (non-hydrogen) atoms. The van der Waals surface area contributed by atoms with Gasteiger partial charge in [0.2, 0.25) is 10.0 Å². The maximum absolute atomic E-state index is 13.0. The van der Waals surface area contributed by atoms with Gasteiger partial charge in [-0.1, -0.05) is 0 Å². The van der Waals surface area contributed by atoms with Crippen molar-refractivity contribution in [3.05, 3.63) is 54.3 Å². The van der Waals surface area contributed by atoms with E-state index in [4.69, 9.17) is 4.74 Å². The third kappa shape index (κ3) is 7.20. The van der Waals surface area contributed by atoms with Gasteiger partial charge in [-0.15, -0.1) is 13.2 Å². The quantitative estimate of drug-likeness (QED) is 0.463. The van der Waals surface area contributed by atoms with Crippen molar-refractivity contribution < 1.29 is 45.0 Å². The number of anilines is 1. The summed E-state index contributed by atoms with van der Waals surface area (Å²) in [5.41, 5.74) is 0.114. The van der Waals surface area contributed by atoms with Gasteiger partial charge in [0.15, 0.2) is 6.10 Å². The van der Waals surface area contributed by atoms with Gasteiger partial charge in [0.25, 0.3) is 5.91 Å². The SMILES string of the molecule is CC(OC(=O)CN(C)S(=O)(=O)c1ccc(F)cc1)C(=O)Nc1ccc(OC(F)(F)F)cc1. The molecule has 0 heterocycles. The summed E-state index contributed by atoms with van der Waals surface area (Å²) >= 11 is 0. The fourth-order valence-electron chi connectivity index (χ4n) is 2.33. The third-order valence-corrected chi connectivity index (χ3v) is 5.72. The summed E-state index contributed by atoms with van der Waals surface area (Å²) < 4.78 is 83.5. The first kappa shape index (κ1) is 25.1. The van der Waals surface area contributed by atoms with E-state index in [2.05, 4.69) is 10.1 Å². The lowest BCUT2D eigenvalue weighted by Crippen LogP contribution is -2.37. The number of benzene rings is 2. The van der Waals surface area contributed by atoms with E-state index in [1.165, 1.54) is 6.92 Å². The largest absolute Gasteiger partial charge is 0.573 e. The van der Waals surface area contributed by atoms with E-state index in [9.17, 15) is 35.6 Å². The van der Waals surface area contributed by atoms with Crippen LogP contribution in [0.1, 0.15) is 6.92 Å². The molecule has 0 aromatic heterocycles. The number of sulfonamides is 1. The molecule has 0 saturated carbocycles. The van der Waals surface area contributed by atoms with Crippen LogP contribution in [0.25, 0.3) is 0 Å². The van der Waals surface area contributed by atoms with Crippen molar-refractivity contribution in [2.45, 2.75) is 24.3 Å². The second kappa shape index (κ2) is 9.96. The van der Waals surface area contributed by atoms with Crippen LogP contribution in [0.2, 0.25) is 0 Å². The molecule has 0 spiro atoms. The second-order valence-electron chi connectivity index (χ2n) is 6.41. The molecule has 2 aromatic carbocycles. The Morgan fingerprint density at radius 3 is 2.16 bits per heavy atom. The molecule has 174 valence electrons. The monoisotopic (exact) mass is 478 g/mol. The number of carbonyl (C=O) groups is 2. The number of rotatable bonds is 8. The lowest BCUT2D eigenvalue weighted by Gasteiger charge is -2.18. The normalized spacial score (nSPS) is 12.8. The summed E-state index contributed by atoms with van der Waals surface area (Å²) in [5.74, 6) is -2.95. The number of likely N-dealkylation sites (N-methyl/N-ethyl adjacent to an activating group) is 1. The molecule has 1 N–H and O–H groups in total. The first-order valence-electron chi connectivity index (χ1n) is 8.86. The topological polar surface area (TPSA) is 102 Å². The molecule has 0 radical (unpaired) electrons. The standard InChI is InChI=1S/C19H18F4N2O6S/c1-12(18(27)24-14-5-7-15(8-6-14)31-19(21,22)23)30-17(26)11-25(2)32(28,29)16-9-3-13(20)4-10-16/h3-10,12H,11H2,1-2H3,(H,24,27). The van der Waals surface area contributed by atoms with Crippen molar-refractivity contribution in [3.8, 4) is 5.75 Å². The van der Waals surface area contributed by atoms with E-state index < -0.39 is 52.5 Å². The van der Waals surface area contributed by atoms with Crippen LogP contribution in [0.5, 0.6) is 5.75 Å². The summed E-state index contributed by atoms with van der Waals surface area (Å²) in [7, 11) is -2.99. The number of nitrogens with one attached hydrogen (secondary N) is 1. The fraction of sp³-hybridized carbons (Fsp3) is 0.263. The highest BCUT2D eigenvalue weighted by Crippen LogP contribution is 2.24. The predicted molar refractivity (Wildman–Crippen MR) is 104 cm³/mol. The first-order valence-corrected chi connectivity index (χ1v) is 10.3. The van der Waals surface area contributed by atoms with Gasteiger partial charge in [0.05, 0.1) is 4.90 Å². The molecular weight excluding hydrogens is 460 g/mol. The van der Waals surface area contributed by atoms with Crippen LogP contribution >= 0.6 is 0 Å². The van der Waals surface area contributed by atoms with E-state index in [1.807, 2.05) is 0 Å². The number of hydrogen-bond donors (Lipinski definition) is 1. The van der Waals surface area contributed by atoms with Gasteiger partial charge < -0.3 is 14.8 Å². The Balaban J connectivity index is 1.91. The Bertz CT molecular complexity index is 1060. The van der Waals surface area contributed by atoms with Crippen molar-refractivity contribution in [2.75, 3.05) is 18.9 Å². The zero-order chi connectivity index (χ0) is 24.1. The Morgan fingerprint density at radius 2 is 1.62 bits per heavy atom. The van der Waals surface area contributed by atoms with Crippen LogP contribution in [-0.2, 0) is 24.3 Å². The van der Waals surface area contributed by atoms with E-state index in [1.54, 1.807) is 0 Å². The molecule has 0 saturated heterocycles. The maximum Gasteiger partial charge on any atom is 0.573 e. The minimum atomic E-state index is -4.86. The van der Waals surface area contributed by atoms with Crippen molar-refractivity contribution >= 4 is 27.6 Å². The minimum absolute atomic E-state index is 0.114. The average Bonchev–Trinajstić information content (AvgIpc) is 2.68. The van der Waals surface area contributed by atoms with Gasteiger partial charge in [-0.25, -0.2) is 12.8 Å². The van der Waals surface area contributed by atoms with Crippen molar-refractivity contribution in [2.24, 2.45) is 0 Å². The summed E-state index contributed by atoms with van der Waals surface area (Å²) in [6.45, 7) is 0.504. The lowest BCUT2D eigenvalue weighted by atomic mass is 10.3. The molecule has 13 heteroatoms. The Labute approximate surface area is 180 Å². The number of halogens is 4. The number of esters is 1. The van der Waals surface area contributed by atoms with Gasteiger partial charge in [0.1, 0.15) is 18.1 Å². The molecule has 1 amide bonds. The maximum atomic E-state index is 13.0. The number of hydrogen-bond acceptors (Lipinski definition) is 6. The van der Waals surface area contributed by atoms with E-state index >= 15 is 0 Å². The minimum Gasteiger partial charge on any atom is -0.452 e. The summed E-state index contributed by atoms with van der Waals surface area (Å²) in [6, 6.07) is 8.24. The van der Waals surface area contributed by atoms with Gasteiger partial charge in [-0.05, 0) is 55.5 Å². The number of amides is 1. The van der Waals surface area contributed by atoms with Crippen molar-refractivity contribution in [3.63, 3.8) is 0 Å². The average molecular weight is 478 g/mol. The molecule has 8 nitrogen and oxygen atoms in total. The molecule has 0 aliphatic heterocycles. The number of nitrogens with zero attached hydrogens (tertiary/aromatic N) is 1. The molecular formula is C19H18F4N2O6S. The molecule has 0 bridgehead atoms. The van der Waals surface area contributed by atoms with Crippen molar-refractivity contribution in [1.29, 1.82) is 0 Å². The number of carbonyl (C=O) groups excluding carboxylic acids is 2. The van der Waals surface area contributed by atoms with Crippen LogP contribution in [0.3, 0.4) is 0 Å². The summed E-state index contributed by atoms with van der Waals surface area (Å²) in [4.78, 5) is 23.9. The van der Waals surface area contributed by atoms with Crippen LogP contribution in [0, 0.1) is 5.82 Å². The molecule has 1 unspecified atom stereocenters.